The van der Waals surface area contributed by atoms with E-state index >= 15 is 0 Å². The van der Waals surface area contributed by atoms with Crippen LogP contribution in [0.2, 0.25) is 5.02 Å². The van der Waals surface area contributed by atoms with Crippen molar-refractivity contribution in [2.75, 3.05) is 25.2 Å². The molecule has 3 rings (SSSR count). The highest BCUT2D eigenvalue weighted by atomic mass is 79.9. The molecule has 0 aromatic heterocycles. The van der Waals surface area contributed by atoms with Crippen LogP contribution in [0, 0.1) is 0 Å². The highest BCUT2D eigenvalue weighted by molar-refractivity contribution is 9.10. The lowest BCUT2D eigenvalue weighted by Gasteiger charge is -2.26. The van der Waals surface area contributed by atoms with Crippen LogP contribution in [-0.4, -0.2) is 44.1 Å². The zero-order chi connectivity index (χ0) is 24.1. The largest absolute Gasteiger partial charge is 0.493 e. The number of hydrogen-bond donors (Lipinski definition) is 1. The molecule has 2 aromatic rings. The van der Waals surface area contributed by atoms with Crippen molar-refractivity contribution in [3.05, 3.63) is 57.0 Å². The number of amides is 4. The molecule has 0 bridgehead atoms. The van der Waals surface area contributed by atoms with Crippen LogP contribution in [0.4, 0.5) is 10.5 Å². The smallest absolute Gasteiger partial charge is 0.344 e. The Morgan fingerprint density at radius 3 is 2.48 bits per heavy atom. The molecule has 11 heteroatoms. The topological polar surface area (TPSA) is 111 Å². The number of hydrogen-bond acceptors (Lipinski definition) is 7. The molecule has 9 nitrogen and oxygen atoms in total. The lowest BCUT2D eigenvalue weighted by Crippen LogP contribution is -2.54. The Bertz CT molecular complexity index is 1150. The summed E-state index contributed by atoms with van der Waals surface area (Å²) < 4.78 is 16.0. The molecule has 33 heavy (non-hydrogen) atoms. The summed E-state index contributed by atoms with van der Waals surface area (Å²) in [6.07, 6.45) is 1.31. The number of rotatable bonds is 7. The zero-order valence-corrected chi connectivity index (χ0v) is 19.9. The molecular formula is C22H18BrClN2O7. The summed E-state index contributed by atoms with van der Waals surface area (Å²) >= 11 is 9.23. The molecule has 4 amide bonds. The van der Waals surface area contributed by atoms with Gasteiger partial charge >= 0.3 is 12.0 Å². The summed E-state index contributed by atoms with van der Waals surface area (Å²) in [5.41, 5.74) is 0.381. The number of carbonyl (C=O) groups excluding carboxylic acids is 4. The number of nitrogens with one attached hydrogen (secondary N) is 1. The van der Waals surface area contributed by atoms with E-state index in [1.807, 2.05) is 0 Å². The number of urea groups is 1. The van der Waals surface area contributed by atoms with Crippen LogP contribution in [0.1, 0.15) is 12.5 Å². The Morgan fingerprint density at radius 1 is 1.15 bits per heavy atom. The van der Waals surface area contributed by atoms with Gasteiger partial charge in [-0.25, -0.2) is 14.5 Å². The van der Waals surface area contributed by atoms with Gasteiger partial charge in [-0.1, -0.05) is 27.5 Å². The van der Waals surface area contributed by atoms with E-state index in [0.717, 1.165) is 4.90 Å². The quantitative estimate of drug-likeness (QED) is 0.325. The number of halogens is 2. The maximum Gasteiger partial charge on any atom is 0.344 e. The fraction of sp³-hybridized carbons (Fsp3) is 0.182. The molecule has 0 unspecified atom stereocenters. The molecule has 1 saturated heterocycles. The monoisotopic (exact) mass is 536 g/mol. The first kappa shape index (κ1) is 24.3. The van der Waals surface area contributed by atoms with Gasteiger partial charge < -0.3 is 14.2 Å². The fourth-order valence-electron chi connectivity index (χ4n) is 2.91. The number of imide groups is 2. The van der Waals surface area contributed by atoms with Gasteiger partial charge in [-0.05, 0) is 55.0 Å². The Kier molecular flexibility index (Phi) is 7.72. The van der Waals surface area contributed by atoms with Crippen LogP contribution < -0.4 is 19.7 Å². The molecule has 172 valence electrons. The molecule has 1 aliphatic heterocycles. The van der Waals surface area contributed by atoms with Gasteiger partial charge in [-0.3, -0.25) is 14.9 Å². The second-order valence-electron chi connectivity index (χ2n) is 6.55. The van der Waals surface area contributed by atoms with Gasteiger partial charge in [0.05, 0.1) is 19.4 Å². The number of anilines is 1. The summed E-state index contributed by atoms with van der Waals surface area (Å²) in [5, 5.41) is 2.58. The number of benzene rings is 2. The summed E-state index contributed by atoms with van der Waals surface area (Å²) in [7, 11) is 1.40. The van der Waals surface area contributed by atoms with Gasteiger partial charge in [0.15, 0.2) is 18.1 Å². The van der Waals surface area contributed by atoms with E-state index in [9.17, 15) is 19.2 Å². The van der Waals surface area contributed by atoms with Crippen LogP contribution in [0.25, 0.3) is 6.08 Å². The second kappa shape index (κ2) is 10.5. The second-order valence-corrected chi connectivity index (χ2v) is 7.84. The number of esters is 1. The summed E-state index contributed by atoms with van der Waals surface area (Å²) in [6, 6.07) is 8.19. The Labute approximate surface area is 202 Å². The maximum atomic E-state index is 13.0. The Balaban J connectivity index is 1.94. The summed E-state index contributed by atoms with van der Waals surface area (Å²) in [6.45, 7) is 1.58. The van der Waals surface area contributed by atoms with Crippen molar-refractivity contribution in [3.63, 3.8) is 0 Å². The predicted octanol–water partition coefficient (Wildman–Crippen LogP) is 3.72. The number of nitrogens with zero attached hydrogens (tertiary/aromatic N) is 1. The fourth-order valence-corrected chi connectivity index (χ4v) is 3.47. The van der Waals surface area contributed by atoms with Gasteiger partial charge in [-0.2, -0.15) is 0 Å². The number of ether oxygens (including phenoxy) is 3. The van der Waals surface area contributed by atoms with E-state index in [1.165, 1.54) is 49.6 Å². The first-order valence-electron chi connectivity index (χ1n) is 9.58. The van der Waals surface area contributed by atoms with E-state index in [1.54, 1.807) is 6.92 Å². The van der Waals surface area contributed by atoms with Gasteiger partial charge in [0, 0.05) is 9.50 Å². The lowest BCUT2D eigenvalue weighted by atomic mass is 10.1. The average Bonchev–Trinajstić information content (AvgIpc) is 2.77. The SMILES string of the molecule is CCOC(=O)COc1cc(Br)c(/C=C2\C(=O)NC(=O)N(c3ccc(Cl)cc3)C2=O)cc1OC. The summed E-state index contributed by atoms with van der Waals surface area (Å²) in [5.74, 6) is -1.69. The molecule has 2 aromatic carbocycles. The van der Waals surface area contributed by atoms with Gasteiger partial charge in [0.25, 0.3) is 11.8 Å². The predicted molar refractivity (Wildman–Crippen MR) is 123 cm³/mol. The molecule has 1 fully saturated rings. The minimum atomic E-state index is -0.871. The lowest BCUT2D eigenvalue weighted by molar-refractivity contribution is -0.145. The standard InChI is InChI=1S/C22H18BrClN2O7/c1-3-32-19(27)11-33-18-10-16(23)12(9-17(18)31-2)8-15-20(28)25-22(30)26(21(15)29)14-6-4-13(24)5-7-14/h4-10H,3,11H2,1-2H3,(H,25,28,30)/b15-8+. The van der Waals surface area contributed by atoms with Crippen molar-refractivity contribution in [2.24, 2.45) is 0 Å². The van der Waals surface area contributed by atoms with Crippen LogP contribution in [0.3, 0.4) is 0 Å². The zero-order valence-electron chi connectivity index (χ0n) is 17.5. The van der Waals surface area contributed by atoms with E-state index in [0.29, 0.717) is 15.1 Å². The van der Waals surface area contributed by atoms with Gasteiger partial charge in [0.2, 0.25) is 0 Å². The van der Waals surface area contributed by atoms with Crippen molar-refractivity contribution in [1.29, 1.82) is 0 Å². The number of barbiturate groups is 1. The van der Waals surface area contributed by atoms with Crippen molar-refractivity contribution >= 4 is 63.1 Å². The van der Waals surface area contributed by atoms with Crippen molar-refractivity contribution < 1.29 is 33.4 Å². The molecule has 1 N–H and O–H groups in total. The molecule has 0 radical (unpaired) electrons. The Morgan fingerprint density at radius 2 is 1.85 bits per heavy atom. The minimum absolute atomic E-state index is 0.223. The molecule has 0 aliphatic carbocycles. The first-order chi connectivity index (χ1) is 15.7. The number of carbonyl (C=O) groups is 4. The molecule has 0 saturated carbocycles. The molecule has 0 spiro atoms. The molecule has 0 atom stereocenters. The molecule has 1 heterocycles. The summed E-state index contributed by atoms with van der Waals surface area (Å²) in [4.78, 5) is 50.2. The van der Waals surface area contributed by atoms with Gasteiger partial charge in [0.1, 0.15) is 5.57 Å². The van der Waals surface area contributed by atoms with Crippen molar-refractivity contribution in [1.82, 2.24) is 5.32 Å². The average molecular weight is 538 g/mol. The maximum absolute atomic E-state index is 13.0. The van der Waals surface area contributed by atoms with Crippen LogP contribution >= 0.6 is 27.5 Å². The van der Waals surface area contributed by atoms with E-state index < -0.39 is 23.8 Å². The van der Waals surface area contributed by atoms with E-state index in [4.69, 9.17) is 25.8 Å². The number of methoxy groups -OCH3 is 1. The normalized spacial score (nSPS) is 14.8. The molecular weight excluding hydrogens is 520 g/mol. The van der Waals surface area contributed by atoms with E-state index in [-0.39, 0.29) is 36.0 Å². The van der Waals surface area contributed by atoms with Gasteiger partial charge in [-0.15, -0.1) is 0 Å². The van der Waals surface area contributed by atoms with Crippen LogP contribution in [0.5, 0.6) is 11.5 Å². The third-order valence-electron chi connectivity index (χ3n) is 4.42. The third-order valence-corrected chi connectivity index (χ3v) is 5.36. The third kappa shape index (κ3) is 5.52. The first-order valence-corrected chi connectivity index (χ1v) is 10.7. The highest BCUT2D eigenvalue weighted by Crippen LogP contribution is 2.35. The van der Waals surface area contributed by atoms with Crippen molar-refractivity contribution in [3.8, 4) is 11.5 Å². The Hall–Kier alpha value is -3.37. The molecule has 1 aliphatic rings. The van der Waals surface area contributed by atoms with Crippen LogP contribution in [0.15, 0.2) is 46.4 Å². The van der Waals surface area contributed by atoms with E-state index in [2.05, 4.69) is 21.2 Å². The van der Waals surface area contributed by atoms with Crippen LogP contribution in [-0.2, 0) is 19.1 Å². The highest BCUT2D eigenvalue weighted by Gasteiger charge is 2.37. The van der Waals surface area contributed by atoms with Crippen molar-refractivity contribution in [2.45, 2.75) is 6.92 Å². The minimum Gasteiger partial charge on any atom is -0.493 e.